The molecule has 2 aliphatic heterocycles. The number of aliphatic hydroxyl groups is 1. The average molecular weight is 249 g/mol. The van der Waals surface area contributed by atoms with Gasteiger partial charge in [-0.05, 0) is 31.7 Å². The minimum atomic E-state index is -0.464. The van der Waals surface area contributed by atoms with Crippen LogP contribution in [0.1, 0.15) is 31.4 Å². The van der Waals surface area contributed by atoms with E-state index in [1.807, 2.05) is 25.1 Å². The Hall–Kier alpha value is -1.26. The Bertz CT molecular complexity index is 441. The van der Waals surface area contributed by atoms with Crippen molar-refractivity contribution in [1.82, 2.24) is 5.32 Å². The maximum absolute atomic E-state index is 10.3. The van der Waals surface area contributed by atoms with Gasteiger partial charge < -0.3 is 19.9 Å². The van der Waals surface area contributed by atoms with Crippen LogP contribution in [0.2, 0.25) is 0 Å². The van der Waals surface area contributed by atoms with E-state index in [1.54, 1.807) is 0 Å². The summed E-state index contributed by atoms with van der Waals surface area (Å²) in [5, 5.41) is 13.6. The van der Waals surface area contributed by atoms with Crippen LogP contribution >= 0.6 is 0 Å². The molecule has 2 aliphatic rings. The van der Waals surface area contributed by atoms with Crippen LogP contribution in [0.3, 0.4) is 0 Å². The number of ether oxygens (including phenoxy) is 2. The van der Waals surface area contributed by atoms with Gasteiger partial charge in [-0.3, -0.25) is 0 Å². The van der Waals surface area contributed by atoms with Crippen LogP contribution < -0.4 is 14.8 Å². The highest BCUT2D eigenvalue weighted by molar-refractivity contribution is 5.44. The van der Waals surface area contributed by atoms with E-state index in [9.17, 15) is 5.11 Å². The van der Waals surface area contributed by atoms with E-state index in [-0.39, 0.29) is 5.60 Å². The van der Waals surface area contributed by atoms with Gasteiger partial charge in [-0.1, -0.05) is 0 Å². The second-order valence-corrected chi connectivity index (χ2v) is 5.06. The van der Waals surface area contributed by atoms with Gasteiger partial charge in [0.2, 0.25) is 0 Å². The molecule has 4 nitrogen and oxygen atoms in total. The van der Waals surface area contributed by atoms with E-state index >= 15 is 0 Å². The minimum Gasteiger partial charge on any atom is -0.494 e. The molecule has 1 fully saturated rings. The second-order valence-electron chi connectivity index (χ2n) is 5.06. The van der Waals surface area contributed by atoms with Gasteiger partial charge in [0.25, 0.3) is 0 Å². The molecule has 1 saturated heterocycles. The maximum Gasteiger partial charge on any atom is 0.126 e. The van der Waals surface area contributed by atoms with E-state index in [0.717, 1.165) is 36.6 Å². The monoisotopic (exact) mass is 249 g/mol. The van der Waals surface area contributed by atoms with Crippen molar-refractivity contribution >= 4 is 0 Å². The highest BCUT2D eigenvalue weighted by Crippen LogP contribution is 2.43. The Kier molecular flexibility index (Phi) is 2.92. The SMILES string of the molecule is CCOc1ccc2c(c1)C(O)CC1(CCNC1)O2. The highest BCUT2D eigenvalue weighted by Gasteiger charge is 2.42. The summed E-state index contributed by atoms with van der Waals surface area (Å²) in [7, 11) is 0. The molecule has 2 heterocycles. The van der Waals surface area contributed by atoms with Crippen molar-refractivity contribution in [3.05, 3.63) is 23.8 Å². The summed E-state index contributed by atoms with van der Waals surface area (Å²) in [5.74, 6) is 1.58. The van der Waals surface area contributed by atoms with Crippen LogP contribution in [0.4, 0.5) is 0 Å². The second kappa shape index (κ2) is 4.44. The van der Waals surface area contributed by atoms with E-state index in [4.69, 9.17) is 9.47 Å². The predicted octanol–water partition coefficient (Wildman–Crippen LogP) is 1.63. The summed E-state index contributed by atoms with van der Waals surface area (Å²) in [6.45, 7) is 4.35. The molecule has 18 heavy (non-hydrogen) atoms. The van der Waals surface area contributed by atoms with Gasteiger partial charge in [0.05, 0.1) is 12.7 Å². The average Bonchev–Trinajstić information content (AvgIpc) is 2.78. The van der Waals surface area contributed by atoms with Crippen LogP contribution in [0.15, 0.2) is 18.2 Å². The number of hydrogen-bond acceptors (Lipinski definition) is 4. The van der Waals surface area contributed by atoms with E-state index in [2.05, 4.69) is 5.32 Å². The van der Waals surface area contributed by atoms with Crippen molar-refractivity contribution < 1.29 is 14.6 Å². The maximum atomic E-state index is 10.3. The lowest BCUT2D eigenvalue weighted by Gasteiger charge is -2.37. The first-order valence-electron chi connectivity index (χ1n) is 6.57. The number of benzene rings is 1. The third-order valence-corrected chi connectivity index (χ3v) is 3.75. The van der Waals surface area contributed by atoms with Gasteiger partial charge in [0, 0.05) is 24.9 Å². The summed E-state index contributed by atoms with van der Waals surface area (Å²) in [4.78, 5) is 0. The largest absolute Gasteiger partial charge is 0.494 e. The fourth-order valence-corrected chi connectivity index (χ4v) is 2.86. The van der Waals surface area contributed by atoms with Crippen LogP contribution in [0, 0.1) is 0 Å². The molecule has 0 amide bonds. The summed E-state index contributed by atoms with van der Waals surface area (Å²) in [6.07, 6.45) is 1.15. The zero-order valence-corrected chi connectivity index (χ0v) is 10.6. The van der Waals surface area contributed by atoms with Gasteiger partial charge in [-0.2, -0.15) is 0 Å². The molecule has 2 atom stereocenters. The Labute approximate surface area is 107 Å². The zero-order chi connectivity index (χ0) is 12.6. The Balaban J connectivity index is 1.90. The van der Waals surface area contributed by atoms with E-state index in [1.165, 1.54) is 0 Å². The third kappa shape index (κ3) is 1.95. The molecule has 2 unspecified atom stereocenters. The van der Waals surface area contributed by atoms with Crippen LogP contribution in [0.5, 0.6) is 11.5 Å². The van der Waals surface area contributed by atoms with Crippen molar-refractivity contribution in [2.24, 2.45) is 0 Å². The quantitative estimate of drug-likeness (QED) is 0.836. The minimum absolute atomic E-state index is 0.223. The van der Waals surface area contributed by atoms with Crippen LogP contribution in [-0.2, 0) is 0 Å². The Morgan fingerprint density at radius 3 is 3.17 bits per heavy atom. The van der Waals surface area contributed by atoms with Crippen molar-refractivity contribution in [3.8, 4) is 11.5 Å². The van der Waals surface area contributed by atoms with Gasteiger partial charge >= 0.3 is 0 Å². The summed E-state index contributed by atoms with van der Waals surface area (Å²) in [5.41, 5.74) is 0.623. The molecular formula is C14H19NO3. The molecule has 1 aromatic rings. The topological polar surface area (TPSA) is 50.7 Å². The van der Waals surface area contributed by atoms with Gasteiger partial charge in [0.15, 0.2) is 0 Å². The molecule has 0 saturated carbocycles. The lowest BCUT2D eigenvalue weighted by Crippen LogP contribution is -2.42. The molecule has 0 radical (unpaired) electrons. The van der Waals surface area contributed by atoms with Gasteiger partial charge in [0.1, 0.15) is 17.1 Å². The normalized spacial score (nSPS) is 30.0. The standard InChI is InChI=1S/C14H19NO3/c1-2-17-10-3-4-13-11(7-10)12(16)8-14(18-13)5-6-15-9-14/h3-4,7,12,15-16H,2,5-6,8-9H2,1H3. The molecular weight excluding hydrogens is 230 g/mol. The number of aliphatic hydroxyl groups excluding tert-OH is 1. The molecule has 2 N–H and O–H groups in total. The van der Waals surface area contributed by atoms with Crippen LogP contribution in [-0.4, -0.2) is 30.4 Å². The molecule has 1 aromatic carbocycles. The number of hydrogen-bond donors (Lipinski definition) is 2. The lowest BCUT2D eigenvalue weighted by atomic mass is 9.88. The smallest absolute Gasteiger partial charge is 0.126 e. The molecule has 0 aromatic heterocycles. The lowest BCUT2D eigenvalue weighted by molar-refractivity contribution is -0.000489. The molecule has 0 aliphatic carbocycles. The van der Waals surface area contributed by atoms with E-state index in [0.29, 0.717) is 13.0 Å². The Morgan fingerprint density at radius 1 is 1.56 bits per heavy atom. The van der Waals surface area contributed by atoms with Gasteiger partial charge in [-0.15, -0.1) is 0 Å². The summed E-state index contributed by atoms with van der Waals surface area (Å²) in [6, 6.07) is 5.69. The molecule has 98 valence electrons. The van der Waals surface area contributed by atoms with Crippen molar-refractivity contribution in [2.75, 3.05) is 19.7 Å². The number of rotatable bonds is 2. The van der Waals surface area contributed by atoms with Crippen LogP contribution in [0.25, 0.3) is 0 Å². The molecule has 1 spiro atoms. The van der Waals surface area contributed by atoms with E-state index < -0.39 is 6.10 Å². The first-order valence-corrected chi connectivity index (χ1v) is 6.57. The molecule has 0 bridgehead atoms. The first kappa shape index (κ1) is 11.8. The highest BCUT2D eigenvalue weighted by atomic mass is 16.5. The van der Waals surface area contributed by atoms with Crippen molar-refractivity contribution in [2.45, 2.75) is 31.5 Å². The molecule has 4 heteroatoms. The summed E-state index contributed by atoms with van der Waals surface area (Å²) >= 11 is 0. The zero-order valence-electron chi connectivity index (χ0n) is 10.6. The third-order valence-electron chi connectivity index (χ3n) is 3.75. The number of fused-ring (bicyclic) bond motifs is 1. The van der Waals surface area contributed by atoms with Gasteiger partial charge in [-0.25, -0.2) is 0 Å². The fourth-order valence-electron chi connectivity index (χ4n) is 2.86. The molecule has 3 rings (SSSR count). The van der Waals surface area contributed by atoms with Crippen molar-refractivity contribution in [1.29, 1.82) is 0 Å². The predicted molar refractivity (Wildman–Crippen MR) is 68.0 cm³/mol. The summed E-state index contributed by atoms with van der Waals surface area (Å²) < 4.78 is 11.6. The Morgan fingerprint density at radius 2 is 2.44 bits per heavy atom. The fraction of sp³-hybridized carbons (Fsp3) is 0.571. The van der Waals surface area contributed by atoms with Crippen molar-refractivity contribution in [3.63, 3.8) is 0 Å². The first-order chi connectivity index (χ1) is 8.72. The number of nitrogens with one attached hydrogen (secondary N) is 1.